The summed E-state index contributed by atoms with van der Waals surface area (Å²) in [6.07, 6.45) is 0. The summed E-state index contributed by atoms with van der Waals surface area (Å²) >= 11 is 7.37. The van der Waals surface area contributed by atoms with Crippen molar-refractivity contribution in [2.75, 3.05) is 12.9 Å². The number of nitrogens with zero attached hydrogens (tertiary/aromatic N) is 3. The first-order chi connectivity index (χ1) is 15.1. The minimum Gasteiger partial charge on any atom is -0.496 e. The number of carbonyl (C=O) groups excluding carboxylic acids is 1. The predicted molar refractivity (Wildman–Crippen MR) is 125 cm³/mol. The maximum absolute atomic E-state index is 12.7. The second-order valence-corrected chi connectivity index (χ2v) is 8.28. The van der Waals surface area contributed by atoms with Crippen LogP contribution in [0.2, 0.25) is 5.02 Å². The normalized spacial score (nSPS) is 10.8. The van der Waals surface area contributed by atoms with E-state index in [0.29, 0.717) is 27.3 Å². The maximum Gasteiger partial charge on any atom is 0.196 e. The minimum atomic E-state index is -0.0233. The van der Waals surface area contributed by atoms with Crippen LogP contribution in [-0.2, 0) is 0 Å². The second-order valence-electron chi connectivity index (χ2n) is 6.90. The van der Waals surface area contributed by atoms with Crippen molar-refractivity contribution in [2.45, 2.75) is 12.1 Å². The molecule has 0 amide bonds. The largest absolute Gasteiger partial charge is 0.496 e. The van der Waals surface area contributed by atoms with Crippen LogP contribution < -0.4 is 4.74 Å². The van der Waals surface area contributed by atoms with Crippen molar-refractivity contribution in [1.82, 2.24) is 14.8 Å². The predicted octanol–water partition coefficient (Wildman–Crippen LogP) is 5.88. The van der Waals surface area contributed by atoms with Crippen LogP contribution in [0.3, 0.4) is 0 Å². The number of ether oxygens (including phenoxy) is 1. The van der Waals surface area contributed by atoms with Gasteiger partial charge in [-0.3, -0.25) is 9.36 Å². The van der Waals surface area contributed by atoms with Crippen LogP contribution in [0.4, 0.5) is 0 Å². The van der Waals surface area contributed by atoms with Gasteiger partial charge in [-0.2, -0.15) is 0 Å². The molecule has 3 aromatic carbocycles. The van der Waals surface area contributed by atoms with E-state index in [-0.39, 0.29) is 11.5 Å². The molecule has 156 valence electrons. The molecule has 7 heteroatoms. The van der Waals surface area contributed by atoms with Crippen molar-refractivity contribution >= 4 is 29.1 Å². The quantitative estimate of drug-likeness (QED) is 0.260. The van der Waals surface area contributed by atoms with Crippen LogP contribution in [-0.4, -0.2) is 33.4 Å². The Labute approximate surface area is 190 Å². The first kappa shape index (κ1) is 21.2. The SMILES string of the molecule is COc1ccccc1-c1nnc(SCC(=O)c2cccc(Cl)c2)n1-c1ccc(C)cc1. The number of Topliss-reactive ketones (excluding diaryl/α,β-unsaturated/α-hetero) is 1. The zero-order chi connectivity index (χ0) is 21.8. The van der Waals surface area contributed by atoms with Gasteiger partial charge in [0.2, 0.25) is 0 Å². The average molecular weight is 450 g/mol. The molecule has 31 heavy (non-hydrogen) atoms. The zero-order valence-corrected chi connectivity index (χ0v) is 18.7. The fourth-order valence-electron chi connectivity index (χ4n) is 3.17. The fraction of sp³-hybridized carbons (Fsp3) is 0.125. The van der Waals surface area contributed by atoms with E-state index in [1.807, 2.05) is 60.0 Å². The number of ketones is 1. The van der Waals surface area contributed by atoms with Gasteiger partial charge in [-0.15, -0.1) is 10.2 Å². The van der Waals surface area contributed by atoms with Gasteiger partial charge in [-0.25, -0.2) is 0 Å². The van der Waals surface area contributed by atoms with Crippen molar-refractivity contribution in [3.63, 3.8) is 0 Å². The van der Waals surface area contributed by atoms with Crippen LogP contribution >= 0.6 is 23.4 Å². The van der Waals surface area contributed by atoms with Crippen molar-refractivity contribution in [3.05, 3.63) is 88.9 Å². The molecule has 0 fully saturated rings. The zero-order valence-electron chi connectivity index (χ0n) is 17.1. The van der Waals surface area contributed by atoms with Gasteiger partial charge in [0.1, 0.15) is 5.75 Å². The minimum absolute atomic E-state index is 0.0233. The lowest BCUT2D eigenvalue weighted by Gasteiger charge is -2.12. The van der Waals surface area contributed by atoms with E-state index in [1.54, 1.807) is 31.4 Å². The molecule has 1 heterocycles. The average Bonchev–Trinajstić information content (AvgIpc) is 3.21. The highest BCUT2D eigenvalue weighted by atomic mass is 35.5. The number of hydrogen-bond acceptors (Lipinski definition) is 5. The van der Waals surface area contributed by atoms with E-state index >= 15 is 0 Å². The third-order valence-corrected chi connectivity index (χ3v) is 5.92. The molecule has 0 atom stereocenters. The Morgan fingerprint density at radius 3 is 2.55 bits per heavy atom. The first-order valence-corrected chi connectivity index (χ1v) is 11.0. The van der Waals surface area contributed by atoms with E-state index < -0.39 is 0 Å². The standard InChI is InChI=1S/C24H20ClN3O2S/c1-16-10-12-19(13-11-16)28-23(20-8-3-4-9-22(20)30-2)26-27-24(28)31-15-21(29)17-6-5-7-18(25)14-17/h3-14H,15H2,1-2H3. The molecule has 0 radical (unpaired) electrons. The van der Waals surface area contributed by atoms with Crippen LogP contribution in [0.25, 0.3) is 17.1 Å². The number of halogens is 1. The Bertz CT molecular complexity index is 1220. The van der Waals surface area contributed by atoms with E-state index in [1.165, 1.54) is 11.8 Å². The Hall–Kier alpha value is -3.09. The molecule has 0 aliphatic carbocycles. The lowest BCUT2D eigenvalue weighted by Crippen LogP contribution is -2.05. The van der Waals surface area contributed by atoms with Gasteiger partial charge in [-0.05, 0) is 43.3 Å². The van der Waals surface area contributed by atoms with Gasteiger partial charge in [0.05, 0.1) is 18.4 Å². The van der Waals surface area contributed by atoms with E-state index in [9.17, 15) is 4.79 Å². The molecule has 4 rings (SSSR count). The number of carbonyl (C=O) groups is 1. The smallest absolute Gasteiger partial charge is 0.196 e. The molecule has 0 unspecified atom stereocenters. The Balaban J connectivity index is 1.72. The summed E-state index contributed by atoms with van der Waals surface area (Å²) in [6, 6.07) is 22.7. The molecule has 0 saturated heterocycles. The maximum atomic E-state index is 12.7. The summed E-state index contributed by atoms with van der Waals surface area (Å²) in [5, 5.41) is 9.99. The van der Waals surface area contributed by atoms with Crippen molar-refractivity contribution in [3.8, 4) is 22.8 Å². The van der Waals surface area contributed by atoms with Crippen molar-refractivity contribution < 1.29 is 9.53 Å². The number of aryl methyl sites for hydroxylation is 1. The van der Waals surface area contributed by atoms with Crippen LogP contribution in [0.15, 0.2) is 78.0 Å². The molecular weight excluding hydrogens is 430 g/mol. The van der Waals surface area contributed by atoms with Crippen LogP contribution in [0, 0.1) is 6.92 Å². The topological polar surface area (TPSA) is 57.0 Å². The number of para-hydroxylation sites is 1. The van der Waals surface area contributed by atoms with Crippen LogP contribution in [0.1, 0.15) is 15.9 Å². The summed E-state index contributed by atoms with van der Waals surface area (Å²) in [5.41, 5.74) is 3.47. The highest BCUT2D eigenvalue weighted by molar-refractivity contribution is 7.99. The molecule has 0 N–H and O–H groups in total. The summed E-state index contributed by atoms with van der Waals surface area (Å²) < 4.78 is 7.48. The third kappa shape index (κ3) is 4.65. The molecule has 0 saturated carbocycles. The van der Waals surface area contributed by atoms with Gasteiger partial charge < -0.3 is 4.74 Å². The lowest BCUT2D eigenvalue weighted by molar-refractivity contribution is 0.102. The van der Waals surface area contributed by atoms with Gasteiger partial charge >= 0.3 is 0 Å². The van der Waals surface area contributed by atoms with Crippen LogP contribution in [0.5, 0.6) is 5.75 Å². The molecule has 4 aromatic rings. The molecule has 0 aliphatic heterocycles. The number of thioether (sulfide) groups is 1. The summed E-state index contributed by atoms with van der Waals surface area (Å²) in [5.74, 6) is 1.55. The molecule has 5 nitrogen and oxygen atoms in total. The van der Waals surface area contributed by atoms with Gasteiger partial charge in [-0.1, -0.05) is 65.3 Å². The third-order valence-electron chi connectivity index (χ3n) is 4.75. The van der Waals surface area contributed by atoms with Gasteiger partial charge in [0.25, 0.3) is 0 Å². The number of rotatable bonds is 7. The highest BCUT2D eigenvalue weighted by Gasteiger charge is 2.20. The second kappa shape index (κ2) is 9.37. The Kier molecular flexibility index (Phi) is 6.39. The first-order valence-electron chi connectivity index (χ1n) is 9.64. The molecule has 1 aromatic heterocycles. The van der Waals surface area contributed by atoms with Crippen molar-refractivity contribution in [2.24, 2.45) is 0 Å². The Morgan fingerprint density at radius 1 is 1.03 bits per heavy atom. The van der Waals surface area contributed by atoms with Crippen molar-refractivity contribution in [1.29, 1.82) is 0 Å². The number of methoxy groups -OCH3 is 1. The molecule has 0 spiro atoms. The van der Waals surface area contributed by atoms with Gasteiger partial charge in [0, 0.05) is 16.3 Å². The number of hydrogen-bond donors (Lipinski definition) is 0. The molecular formula is C24H20ClN3O2S. The lowest BCUT2D eigenvalue weighted by atomic mass is 10.1. The summed E-state index contributed by atoms with van der Waals surface area (Å²) in [6.45, 7) is 2.04. The van der Waals surface area contributed by atoms with E-state index in [4.69, 9.17) is 16.3 Å². The summed E-state index contributed by atoms with van der Waals surface area (Å²) in [4.78, 5) is 12.7. The summed E-state index contributed by atoms with van der Waals surface area (Å²) in [7, 11) is 1.63. The van der Waals surface area contributed by atoms with E-state index in [0.717, 1.165) is 16.8 Å². The fourth-order valence-corrected chi connectivity index (χ4v) is 4.21. The molecule has 0 aliphatic rings. The highest BCUT2D eigenvalue weighted by Crippen LogP contribution is 2.33. The van der Waals surface area contributed by atoms with Gasteiger partial charge in [0.15, 0.2) is 16.8 Å². The molecule has 0 bridgehead atoms. The monoisotopic (exact) mass is 449 g/mol. The number of benzene rings is 3. The Morgan fingerprint density at radius 2 is 1.81 bits per heavy atom. The number of aromatic nitrogens is 3. The van der Waals surface area contributed by atoms with E-state index in [2.05, 4.69) is 10.2 Å².